The lowest BCUT2D eigenvalue weighted by molar-refractivity contribution is -0.121. The Balaban J connectivity index is 1.64. The topological polar surface area (TPSA) is 69.2 Å². The molecule has 1 amide bonds. The lowest BCUT2D eigenvalue weighted by Gasteiger charge is -2.24. The highest BCUT2D eigenvalue weighted by Gasteiger charge is 2.18. The average molecular weight is 402 g/mol. The number of fused-ring (bicyclic) bond motifs is 1. The van der Waals surface area contributed by atoms with Gasteiger partial charge in [0.05, 0.1) is 13.5 Å². The van der Waals surface area contributed by atoms with Crippen molar-refractivity contribution in [1.29, 1.82) is 0 Å². The van der Waals surface area contributed by atoms with Crippen LogP contribution in [0, 0.1) is 0 Å². The van der Waals surface area contributed by atoms with Crippen LogP contribution in [-0.4, -0.2) is 42.7 Å². The number of benzene rings is 2. The minimum Gasteiger partial charge on any atom is -0.494 e. The van der Waals surface area contributed by atoms with Crippen LogP contribution in [-0.2, 0) is 17.8 Å². The van der Waals surface area contributed by atoms with Crippen LogP contribution in [0.15, 0.2) is 47.5 Å². The van der Waals surface area contributed by atoms with Gasteiger partial charge in [-0.05, 0) is 31.3 Å². The molecule has 1 heterocycles. The number of carbonyl (C=O) groups is 1. The highest BCUT2D eigenvalue weighted by molar-refractivity contribution is 6.15. The van der Waals surface area contributed by atoms with Crippen LogP contribution in [0.4, 0.5) is 0 Å². The zero-order chi connectivity index (χ0) is 20.1. The Hall–Kier alpha value is -2.61. The molecule has 8 heteroatoms. The third-order valence-corrected chi connectivity index (χ3v) is 4.48. The molecule has 1 atom stereocenters. The molecular weight excluding hydrogens is 378 g/mol. The van der Waals surface area contributed by atoms with Gasteiger partial charge in [-0.15, -0.1) is 0 Å². The fourth-order valence-electron chi connectivity index (χ4n) is 3.00. The number of hydrogen-bond acceptors (Lipinski definition) is 6. The first-order chi connectivity index (χ1) is 13.5. The van der Waals surface area contributed by atoms with Crippen molar-refractivity contribution >= 4 is 23.9 Å². The van der Waals surface area contributed by atoms with E-state index in [9.17, 15) is 4.79 Å². The molecule has 2 aromatic rings. The van der Waals surface area contributed by atoms with Crippen LogP contribution in [0.3, 0.4) is 0 Å². The fourth-order valence-corrected chi connectivity index (χ4v) is 3.20. The van der Waals surface area contributed by atoms with Gasteiger partial charge in [0, 0.05) is 29.7 Å². The van der Waals surface area contributed by atoms with Crippen LogP contribution >= 0.6 is 11.8 Å². The molecule has 0 saturated heterocycles. The van der Waals surface area contributed by atoms with Gasteiger partial charge >= 0.3 is 0 Å². The highest BCUT2D eigenvalue weighted by Crippen LogP contribution is 2.09. The largest absolute Gasteiger partial charge is 0.494 e. The predicted octanol–water partition coefficient (Wildman–Crippen LogP) is 0.731. The Bertz CT molecular complexity index is 963. The van der Waals surface area contributed by atoms with Crippen molar-refractivity contribution in [1.82, 2.24) is 20.2 Å². The Labute approximate surface area is 169 Å². The predicted molar refractivity (Wildman–Crippen MR) is 109 cm³/mol. The number of ether oxygens (including phenoxy) is 1. The Morgan fingerprint density at radius 3 is 2.75 bits per heavy atom. The number of nitrogens with one attached hydrogen (secondary N) is 2. The first-order valence-electron chi connectivity index (χ1n) is 8.90. The van der Waals surface area contributed by atoms with Crippen molar-refractivity contribution < 1.29 is 9.53 Å². The van der Waals surface area contributed by atoms with Gasteiger partial charge in [0.25, 0.3) is 0 Å². The van der Waals surface area contributed by atoms with Crippen LogP contribution in [0.2, 0.25) is 0 Å². The van der Waals surface area contributed by atoms with Crippen molar-refractivity contribution in [3.05, 3.63) is 64.2 Å². The second-order valence-corrected chi connectivity index (χ2v) is 7.19. The summed E-state index contributed by atoms with van der Waals surface area (Å²) in [5, 5.41) is 1.53. The van der Waals surface area contributed by atoms with Crippen LogP contribution < -0.4 is 26.2 Å². The molecule has 3 rings (SSSR count). The van der Waals surface area contributed by atoms with Crippen LogP contribution in [0.1, 0.15) is 11.1 Å². The molecule has 1 unspecified atom stereocenters. The normalized spacial score (nSPS) is 15.5. The standard InChI is InChI=1S/C20H24ClN5O2/c1-25(2)12-15-7-4-6-14(10-15)11-18(27)23-24-20-22-19-16(13-26(20)21)8-5-9-17(19)28-3/h4-10,13,20,24H,11-12H2,1-3H3,(H,23,27). The maximum Gasteiger partial charge on any atom is 0.238 e. The van der Waals surface area contributed by atoms with Gasteiger partial charge in [-0.2, -0.15) is 5.43 Å². The Morgan fingerprint density at radius 2 is 2.00 bits per heavy atom. The van der Waals surface area contributed by atoms with Gasteiger partial charge < -0.3 is 9.64 Å². The second-order valence-electron chi connectivity index (χ2n) is 6.80. The number of hydrogen-bond donors (Lipinski definition) is 2. The molecule has 0 saturated carbocycles. The summed E-state index contributed by atoms with van der Waals surface area (Å²) in [5.41, 5.74) is 7.65. The summed E-state index contributed by atoms with van der Waals surface area (Å²) in [6.07, 6.45) is 1.35. The monoisotopic (exact) mass is 401 g/mol. The lowest BCUT2D eigenvalue weighted by Crippen LogP contribution is -2.52. The summed E-state index contributed by atoms with van der Waals surface area (Å²) in [6.45, 7) is 0.826. The molecule has 2 N–H and O–H groups in total. The smallest absolute Gasteiger partial charge is 0.238 e. The van der Waals surface area contributed by atoms with Gasteiger partial charge in [0.1, 0.15) is 11.1 Å². The first-order valence-corrected chi connectivity index (χ1v) is 9.24. The number of methoxy groups -OCH3 is 1. The summed E-state index contributed by atoms with van der Waals surface area (Å²) in [4.78, 5) is 19.0. The molecule has 0 aliphatic carbocycles. The summed E-state index contributed by atoms with van der Waals surface area (Å²) >= 11 is 6.24. The number of rotatable bonds is 7. The molecule has 1 aliphatic rings. The van der Waals surface area contributed by atoms with E-state index in [0.29, 0.717) is 11.1 Å². The van der Waals surface area contributed by atoms with Gasteiger partial charge in [0.2, 0.25) is 12.2 Å². The zero-order valence-corrected chi connectivity index (χ0v) is 16.9. The van der Waals surface area contributed by atoms with E-state index in [2.05, 4.69) is 20.7 Å². The molecule has 148 valence electrons. The van der Waals surface area contributed by atoms with Gasteiger partial charge in [-0.3, -0.25) is 14.6 Å². The Kier molecular flexibility index (Phi) is 6.51. The van der Waals surface area contributed by atoms with Gasteiger partial charge in [0.15, 0.2) is 0 Å². The minimum absolute atomic E-state index is 0.173. The van der Waals surface area contributed by atoms with E-state index in [1.165, 1.54) is 4.42 Å². The van der Waals surface area contributed by atoms with E-state index in [1.54, 1.807) is 13.3 Å². The zero-order valence-electron chi connectivity index (χ0n) is 16.1. The Morgan fingerprint density at radius 1 is 1.25 bits per heavy atom. The lowest BCUT2D eigenvalue weighted by atomic mass is 10.1. The van der Waals surface area contributed by atoms with Crippen molar-refractivity contribution in [2.24, 2.45) is 4.99 Å². The van der Waals surface area contributed by atoms with Crippen LogP contribution in [0.5, 0.6) is 5.75 Å². The summed E-state index contributed by atoms with van der Waals surface area (Å²) < 4.78 is 6.72. The maximum atomic E-state index is 12.3. The molecule has 2 aromatic carbocycles. The minimum atomic E-state index is -0.644. The number of carbonyl (C=O) groups excluding carboxylic acids is 1. The molecule has 7 nitrogen and oxygen atoms in total. The maximum absolute atomic E-state index is 12.3. The summed E-state index contributed by atoms with van der Waals surface area (Å²) in [5.74, 6) is 0.474. The van der Waals surface area contributed by atoms with Crippen molar-refractivity contribution in [2.75, 3.05) is 21.2 Å². The molecule has 0 aromatic heterocycles. The van der Waals surface area contributed by atoms with E-state index in [-0.39, 0.29) is 12.3 Å². The quantitative estimate of drug-likeness (QED) is 0.529. The van der Waals surface area contributed by atoms with Crippen LogP contribution in [0.25, 0.3) is 6.20 Å². The molecule has 28 heavy (non-hydrogen) atoms. The molecule has 0 fully saturated rings. The number of para-hydroxylation sites is 1. The molecule has 0 radical (unpaired) electrons. The van der Waals surface area contributed by atoms with Crippen molar-refractivity contribution in [3.8, 4) is 5.75 Å². The highest BCUT2D eigenvalue weighted by atomic mass is 35.5. The SMILES string of the molecule is COc1cccc2c1=NC(NNC(=O)Cc1cccc(CN(C)C)c1)N(Cl)C=2. The van der Waals surface area contributed by atoms with Crippen molar-refractivity contribution in [2.45, 2.75) is 19.3 Å². The van der Waals surface area contributed by atoms with Gasteiger partial charge in [-0.1, -0.05) is 36.4 Å². The molecular formula is C20H24ClN5O2. The van der Waals surface area contributed by atoms with E-state index in [1.807, 2.05) is 56.6 Å². The summed E-state index contributed by atoms with van der Waals surface area (Å²) in [7, 11) is 5.62. The summed E-state index contributed by atoms with van der Waals surface area (Å²) in [6, 6.07) is 13.6. The van der Waals surface area contributed by atoms with E-state index < -0.39 is 6.29 Å². The van der Waals surface area contributed by atoms with Gasteiger partial charge in [-0.25, -0.2) is 4.99 Å². The average Bonchev–Trinajstić information content (AvgIpc) is 2.65. The molecule has 0 spiro atoms. The van der Waals surface area contributed by atoms with E-state index in [4.69, 9.17) is 16.5 Å². The fraction of sp³-hybridized carbons (Fsp3) is 0.300. The van der Waals surface area contributed by atoms with E-state index >= 15 is 0 Å². The van der Waals surface area contributed by atoms with Crippen molar-refractivity contribution in [3.63, 3.8) is 0 Å². The van der Waals surface area contributed by atoms with E-state index in [0.717, 1.165) is 22.9 Å². The third-order valence-electron chi connectivity index (χ3n) is 4.19. The number of hydrazine groups is 1. The molecule has 0 bridgehead atoms. The third kappa shape index (κ3) is 5.01. The second kappa shape index (κ2) is 9.05. The number of nitrogens with zero attached hydrogens (tertiary/aromatic N) is 3. The number of amides is 1. The first kappa shape index (κ1) is 20.1. The number of halogens is 1. The molecule has 1 aliphatic heterocycles.